The maximum Gasteiger partial charge on any atom is 0.120 e. The molecule has 1 aromatic carbocycles. The fraction of sp³-hybridized carbons (Fsp3) is 0.600. The van der Waals surface area contributed by atoms with Gasteiger partial charge in [0.2, 0.25) is 0 Å². The van der Waals surface area contributed by atoms with Gasteiger partial charge in [-0.2, -0.15) is 0 Å². The summed E-state index contributed by atoms with van der Waals surface area (Å²) in [5, 5.41) is 9.87. The maximum atomic E-state index is 9.87. The second-order valence-corrected chi connectivity index (χ2v) is 5.78. The molecule has 1 saturated carbocycles. The summed E-state index contributed by atoms with van der Waals surface area (Å²) in [4.78, 5) is 2.52. The minimum Gasteiger partial charge on any atom is -0.508 e. The third-order valence-corrected chi connectivity index (χ3v) is 4.43. The molecular formula is C15H21NO. The van der Waals surface area contributed by atoms with Gasteiger partial charge >= 0.3 is 0 Å². The average molecular weight is 231 g/mol. The molecule has 1 saturated heterocycles. The van der Waals surface area contributed by atoms with Crippen LogP contribution in [0.4, 0.5) is 0 Å². The van der Waals surface area contributed by atoms with Gasteiger partial charge in [-0.05, 0) is 37.7 Å². The third-order valence-electron chi connectivity index (χ3n) is 4.43. The Morgan fingerprint density at radius 2 is 1.94 bits per heavy atom. The molecule has 2 fully saturated rings. The van der Waals surface area contributed by atoms with Gasteiger partial charge in [-0.1, -0.05) is 24.1 Å². The molecular weight excluding hydrogens is 210 g/mol. The molecule has 1 aromatic rings. The van der Waals surface area contributed by atoms with E-state index in [1.54, 1.807) is 0 Å². The first-order valence-electron chi connectivity index (χ1n) is 6.73. The van der Waals surface area contributed by atoms with Crippen molar-refractivity contribution in [3.05, 3.63) is 29.3 Å². The van der Waals surface area contributed by atoms with E-state index in [0.717, 1.165) is 23.9 Å². The molecule has 0 aromatic heterocycles. The van der Waals surface area contributed by atoms with Crippen LogP contribution in [0.1, 0.15) is 30.4 Å². The molecule has 1 N–H and O–H groups in total. The highest BCUT2D eigenvalue weighted by atomic mass is 16.3. The first-order valence-corrected chi connectivity index (χ1v) is 6.73. The largest absolute Gasteiger partial charge is 0.508 e. The van der Waals surface area contributed by atoms with Crippen molar-refractivity contribution in [1.82, 2.24) is 4.90 Å². The molecule has 1 aliphatic carbocycles. The molecule has 2 heteroatoms. The highest BCUT2D eigenvalue weighted by Gasteiger charge is 2.35. The molecule has 3 rings (SSSR count). The lowest BCUT2D eigenvalue weighted by atomic mass is 10.0. The highest BCUT2D eigenvalue weighted by molar-refractivity contribution is 5.35. The summed E-state index contributed by atoms with van der Waals surface area (Å²) in [6.45, 7) is 5.47. The number of hydrogen-bond donors (Lipinski definition) is 1. The van der Waals surface area contributed by atoms with Gasteiger partial charge in [0.1, 0.15) is 5.75 Å². The monoisotopic (exact) mass is 231 g/mol. The lowest BCUT2D eigenvalue weighted by Crippen LogP contribution is -2.21. The summed E-state index contributed by atoms with van der Waals surface area (Å²) >= 11 is 0. The van der Waals surface area contributed by atoms with Gasteiger partial charge in [-0.15, -0.1) is 0 Å². The minimum absolute atomic E-state index is 0.452. The fourth-order valence-corrected chi connectivity index (χ4v) is 3.54. The van der Waals surface area contributed by atoms with Crippen molar-refractivity contribution in [3.8, 4) is 5.75 Å². The fourth-order valence-electron chi connectivity index (χ4n) is 3.54. The number of phenolic OH excluding ortho intramolecular Hbond substituents is 1. The number of likely N-dealkylation sites (tertiary alicyclic amines) is 1. The molecule has 17 heavy (non-hydrogen) atoms. The van der Waals surface area contributed by atoms with Gasteiger partial charge in [0.05, 0.1) is 0 Å². The zero-order chi connectivity index (χ0) is 11.8. The summed E-state index contributed by atoms with van der Waals surface area (Å²) in [5.41, 5.74) is 2.32. The van der Waals surface area contributed by atoms with Crippen molar-refractivity contribution >= 4 is 0 Å². The lowest BCUT2D eigenvalue weighted by Gasteiger charge is -2.17. The van der Waals surface area contributed by atoms with Crippen LogP contribution in [-0.2, 0) is 6.54 Å². The van der Waals surface area contributed by atoms with Crippen molar-refractivity contribution in [2.75, 3.05) is 13.1 Å². The minimum atomic E-state index is 0.452. The van der Waals surface area contributed by atoms with Crippen molar-refractivity contribution in [1.29, 1.82) is 0 Å². The van der Waals surface area contributed by atoms with Crippen molar-refractivity contribution in [2.24, 2.45) is 11.8 Å². The van der Waals surface area contributed by atoms with E-state index < -0.39 is 0 Å². The van der Waals surface area contributed by atoms with Gasteiger partial charge < -0.3 is 5.11 Å². The Labute approximate surface area is 103 Å². The summed E-state index contributed by atoms with van der Waals surface area (Å²) in [7, 11) is 0. The van der Waals surface area contributed by atoms with Crippen LogP contribution in [0, 0.1) is 18.8 Å². The summed E-state index contributed by atoms with van der Waals surface area (Å²) in [5.74, 6) is 2.32. The molecule has 1 aliphatic heterocycles. The van der Waals surface area contributed by atoms with E-state index in [-0.39, 0.29) is 0 Å². The first-order chi connectivity index (χ1) is 8.22. The number of nitrogens with zero attached hydrogens (tertiary/aromatic N) is 1. The van der Waals surface area contributed by atoms with E-state index in [4.69, 9.17) is 0 Å². The van der Waals surface area contributed by atoms with E-state index in [0.29, 0.717) is 5.75 Å². The smallest absolute Gasteiger partial charge is 0.120 e. The molecule has 0 bridgehead atoms. The Balaban J connectivity index is 1.69. The predicted octanol–water partition coefficient (Wildman–Crippen LogP) is 2.93. The summed E-state index contributed by atoms with van der Waals surface area (Å²) in [6.07, 6.45) is 4.26. The van der Waals surface area contributed by atoms with E-state index in [1.165, 1.54) is 37.9 Å². The van der Waals surface area contributed by atoms with Gasteiger partial charge in [0, 0.05) is 25.2 Å². The van der Waals surface area contributed by atoms with Crippen LogP contribution in [0.3, 0.4) is 0 Å². The van der Waals surface area contributed by atoms with Crippen LogP contribution in [0.15, 0.2) is 18.2 Å². The lowest BCUT2D eigenvalue weighted by molar-refractivity contribution is 0.298. The number of rotatable bonds is 2. The van der Waals surface area contributed by atoms with E-state index in [1.807, 2.05) is 12.1 Å². The van der Waals surface area contributed by atoms with Gasteiger partial charge in [-0.25, -0.2) is 0 Å². The Morgan fingerprint density at radius 3 is 2.65 bits per heavy atom. The van der Waals surface area contributed by atoms with Crippen LogP contribution >= 0.6 is 0 Å². The van der Waals surface area contributed by atoms with E-state index in [2.05, 4.69) is 17.9 Å². The predicted molar refractivity (Wildman–Crippen MR) is 69.0 cm³/mol. The molecule has 2 nitrogen and oxygen atoms in total. The molecule has 0 radical (unpaired) electrons. The van der Waals surface area contributed by atoms with Crippen LogP contribution in [0.5, 0.6) is 5.75 Å². The molecule has 92 valence electrons. The van der Waals surface area contributed by atoms with Crippen molar-refractivity contribution in [2.45, 2.75) is 32.7 Å². The molecule has 1 heterocycles. The Morgan fingerprint density at radius 1 is 1.24 bits per heavy atom. The SMILES string of the molecule is Cc1ccc(O)c(CN2CC3CCCC3C2)c1. The number of benzene rings is 1. The van der Waals surface area contributed by atoms with E-state index in [9.17, 15) is 5.11 Å². The molecule has 2 aliphatic rings. The van der Waals surface area contributed by atoms with Crippen LogP contribution in [-0.4, -0.2) is 23.1 Å². The standard InChI is InChI=1S/C15H21NO/c1-11-5-6-15(17)14(7-11)10-16-8-12-3-2-4-13(12)9-16/h5-7,12-13,17H,2-4,8-10H2,1H3. The van der Waals surface area contributed by atoms with Crippen molar-refractivity contribution < 1.29 is 5.11 Å². The Hall–Kier alpha value is -1.02. The highest BCUT2D eigenvalue weighted by Crippen LogP contribution is 2.38. The van der Waals surface area contributed by atoms with Gasteiger partial charge in [0.15, 0.2) is 0 Å². The average Bonchev–Trinajstić information content (AvgIpc) is 2.83. The second-order valence-electron chi connectivity index (χ2n) is 5.78. The van der Waals surface area contributed by atoms with Gasteiger partial charge in [0.25, 0.3) is 0 Å². The summed E-state index contributed by atoms with van der Waals surface area (Å²) in [6, 6.07) is 5.91. The van der Waals surface area contributed by atoms with Crippen molar-refractivity contribution in [3.63, 3.8) is 0 Å². The van der Waals surface area contributed by atoms with Crippen LogP contribution < -0.4 is 0 Å². The number of fused-ring (bicyclic) bond motifs is 1. The second kappa shape index (κ2) is 4.34. The van der Waals surface area contributed by atoms with Crippen LogP contribution in [0.25, 0.3) is 0 Å². The quantitative estimate of drug-likeness (QED) is 0.846. The van der Waals surface area contributed by atoms with Gasteiger partial charge in [-0.3, -0.25) is 4.90 Å². The van der Waals surface area contributed by atoms with Crippen LogP contribution in [0.2, 0.25) is 0 Å². The first kappa shape index (κ1) is 11.1. The normalized spacial score (nSPS) is 28.5. The molecule has 0 spiro atoms. The molecule has 2 unspecified atom stereocenters. The number of aryl methyl sites for hydroxylation is 1. The Kier molecular flexibility index (Phi) is 2.83. The summed E-state index contributed by atoms with van der Waals surface area (Å²) < 4.78 is 0. The zero-order valence-electron chi connectivity index (χ0n) is 10.5. The Bertz CT molecular complexity index is 403. The number of aromatic hydroxyl groups is 1. The molecule has 0 amide bonds. The van der Waals surface area contributed by atoms with E-state index >= 15 is 0 Å². The topological polar surface area (TPSA) is 23.5 Å². The third kappa shape index (κ3) is 2.19. The zero-order valence-corrected chi connectivity index (χ0v) is 10.5. The number of hydrogen-bond acceptors (Lipinski definition) is 2. The maximum absolute atomic E-state index is 9.87. The molecule has 2 atom stereocenters. The number of phenols is 1.